The highest BCUT2D eigenvalue weighted by atomic mass is 32.2. The minimum absolute atomic E-state index is 0.344. The fraction of sp³-hybridized carbons (Fsp3) is 1.00. The van der Waals surface area contributed by atoms with Crippen LogP contribution in [-0.4, -0.2) is 45.5 Å². The summed E-state index contributed by atoms with van der Waals surface area (Å²) in [5.41, 5.74) is -0.389. The number of rotatable bonds is 5. The maximum Gasteiger partial charge on any atom is 0.214 e. The van der Waals surface area contributed by atoms with Crippen LogP contribution in [0.15, 0.2) is 0 Å². The lowest BCUT2D eigenvalue weighted by Crippen LogP contribution is -2.56. The van der Waals surface area contributed by atoms with E-state index in [1.54, 1.807) is 13.8 Å². The molecule has 1 aliphatic heterocycles. The van der Waals surface area contributed by atoms with Gasteiger partial charge in [0.15, 0.2) is 0 Å². The van der Waals surface area contributed by atoms with Gasteiger partial charge in [0.05, 0.1) is 17.5 Å². The van der Waals surface area contributed by atoms with Crippen molar-refractivity contribution in [3.05, 3.63) is 0 Å². The van der Waals surface area contributed by atoms with Gasteiger partial charge in [-0.3, -0.25) is 0 Å². The average Bonchev–Trinajstić information content (AvgIpc) is 2.28. The van der Waals surface area contributed by atoms with Crippen molar-refractivity contribution in [2.45, 2.75) is 38.0 Å². The molecule has 0 aromatic rings. The highest BCUT2D eigenvalue weighted by Gasteiger charge is 2.33. The van der Waals surface area contributed by atoms with Crippen LogP contribution in [0.1, 0.15) is 27.2 Å². The quantitative estimate of drug-likeness (QED) is 0.725. The molecular formula is C10H22N2O3S. The molecule has 0 radical (unpaired) electrons. The Labute approximate surface area is 98.0 Å². The number of morpholine rings is 1. The molecular weight excluding hydrogens is 228 g/mol. The Bertz CT molecular complexity index is 308. The van der Waals surface area contributed by atoms with E-state index in [-0.39, 0.29) is 5.60 Å². The van der Waals surface area contributed by atoms with Gasteiger partial charge in [-0.15, -0.1) is 0 Å². The largest absolute Gasteiger partial charge is 0.371 e. The number of hydrogen-bond acceptors (Lipinski definition) is 4. The highest BCUT2D eigenvalue weighted by molar-refractivity contribution is 7.90. The summed E-state index contributed by atoms with van der Waals surface area (Å²) >= 11 is 0. The molecule has 0 aliphatic carbocycles. The van der Waals surface area contributed by atoms with E-state index in [2.05, 4.69) is 10.0 Å². The molecule has 1 heterocycles. The zero-order valence-corrected chi connectivity index (χ0v) is 11.1. The Balaban J connectivity index is 2.58. The normalized spacial score (nSPS) is 27.2. The fourth-order valence-corrected chi connectivity index (χ4v) is 2.37. The standard InChI is InChI=1S/C10H22N2O3S/c1-4-10(7-11-5-6-15-10)8-12-16(13,14)9(2)3/h9,11-12H,4-8H2,1-3H3. The van der Waals surface area contributed by atoms with Gasteiger partial charge < -0.3 is 10.1 Å². The first-order valence-electron chi connectivity index (χ1n) is 5.75. The molecule has 16 heavy (non-hydrogen) atoms. The van der Waals surface area contributed by atoms with Gasteiger partial charge in [-0.2, -0.15) is 0 Å². The lowest BCUT2D eigenvalue weighted by atomic mass is 10.00. The number of nitrogens with one attached hydrogen (secondary N) is 2. The molecule has 0 saturated carbocycles. The minimum atomic E-state index is -3.20. The predicted octanol–water partition coefficient (Wildman–Crippen LogP) is 0.0828. The van der Waals surface area contributed by atoms with E-state index in [9.17, 15) is 8.42 Å². The maximum absolute atomic E-state index is 11.6. The average molecular weight is 250 g/mol. The van der Waals surface area contributed by atoms with Gasteiger partial charge in [-0.1, -0.05) is 6.92 Å². The summed E-state index contributed by atoms with van der Waals surface area (Å²) in [6, 6.07) is 0. The summed E-state index contributed by atoms with van der Waals surface area (Å²) < 4.78 is 31.6. The van der Waals surface area contributed by atoms with Crippen molar-refractivity contribution in [2.24, 2.45) is 0 Å². The highest BCUT2D eigenvalue weighted by Crippen LogP contribution is 2.17. The summed E-state index contributed by atoms with van der Waals surface area (Å²) in [6.45, 7) is 7.86. The molecule has 5 nitrogen and oxygen atoms in total. The first-order chi connectivity index (χ1) is 7.42. The van der Waals surface area contributed by atoms with Crippen LogP contribution in [-0.2, 0) is 14.8 Å². The molecule has 1 atom stereocenters. The molecule has 1 unspecified atom stereocenters. The molecule has 0 amide bonds. The molecule has 6 heteroatoms. The van der Waals surface area contributed by atoms with Crippen molar-refractivity contribution in [1.29, 1.82) is 0 Å². The summed E-state index contributed by atoms with van der Waals surface area (Å²) in [7, 11) is -3.20. The molecule has 2 N–H and O–H groups in total. The first kappa shape index (κ1) is 13.9. The van der Waals surface area contributed by atoms with Gasteiger partial charge in [0.25, 0.3) is 0 Å². The van der Waals surface area contributed by atoms with Crippen molar-refractivity contribution in [2.75, 3.05) is 26.2 Å². The van der Waals surface area contributed by atoms with Crippen molar-refractivity contribution in [3.8, 4) is 0 Å². The van der Waals surface area contributed by atoms with Crippen LogP contribution in [0.2, 0.25) is 0 Å². The van der Waals surface area contributed by atoms with Crippen molar-refractivity contribution >= 4 is 10.0 Å². The molecule has 0 aromatic carbocycles. The summed E-state index contributed by atoms with van der Waals surface area (Å²) in [5.74, 6) is 0. The van der Waals surface area contributed by atoms with Crippen molar-refractivity contribution in [3.63, 3.8) is 0 Å². The van der Waals surface area contributed by atoms with E-state index in [1.165, 1.54) is 0 Å². The number of sulfonamides is 1. The van der Waals surface area contributed by atoms with Gasteiger partial charge in [0.2, 0.25) is 10.0 Å². The molecule has 0 aromatic heterocycles. The van der Waals surface area contributed by atoms with Gasteiger partial charge >= 0.3 is 0 Å². The van der Waals surface area contributed by atoms with Gasteiger partial charge in [-0.05, 0) is 20.3 Å². The monoisotopic (exact) mass is 250 g/mol. The topological polar surface area (TPSA) is 67.4 Å². The second-order valence-corrected chi connectivity index (χ2v) is 6.80. The molecule has 1 aliphatic rings. The summed E-state index contributed by atoms with van der Waals surface area (Å²) in [6.07, 6.45) is 0.792. The Kier molecular flexibility index (Phi) is 4.73. The first-order valence-corrected chi connectivity index (χ1v) is 7.30. The third-order valence-electron chi connectivity index (χ3n) is 2.99. The molecule has 0 bridgehead atoms. The van der Waals surface area contributed by atoms with Crippen LogP contribution in [0.5, 0.6) is 0 Å². The summed E-state index contributed by atoms with van der Waals surface area (Å²) in [5, 5.41) is 2.83. The Morgan fingerprint density at radius 3 is 2.62 bits per heavy atom. The van der Waals surface area contributed by atoms with Crippen LogP contribution < -0.4 is 10.0 Å². The maximum atomic E-state index is 11.6. The molecule has 1 rings (SSSR count). The molecule has 1 fully saturated rings. The second-order valence-electron chi connectivity index (χ2n) is 4.48. The van der Waals surface area contributed by atoms with E-state index in [4.69, 9.17) is 4.74 Å². The number of hydrogen-bond donors (Lipinski definition) is 2. The molecule has 0 spiro atoms. The third-order valence-corrected chi connectivity index (χ3v) is 4.78. The predicted molar refractivity (Wildman–Crippen MR) is 63.9 cm³/mol. The van der Waals surface area contributed by atoms with E-state index in [1.807, 2.05) is 6.92 Å². The van der Waals surface area contributed by atoms with Crippen LogP contribution >= 0.6 is 0 Å². The lowest BCUT2D eigenvalue weighted by molar-refractivity contribution is -0.0634. The van der Waals surface area contributed by atoms with Crippen molar-refractivity contribution in [1.82, 2.24) is 10.0 Å². The van der Waals surface area contributed by atoms with Crippen LogP contribution in [0, 0.1) is 0 Å². The number of ether oxygens (including phenoxy) is 1. The van der Waals surface area contributed by atoms with E-state index in [0.29, 0.717) is 19.7 Å². The minimum Gasteiger partial charge on any atom is -0.371 e. The van der Waals surface area contributed by atoms with Crippen LogP contribution in [0.4, 0.5) is 0 Å². The zero-order chi connectivity index (χ0) is 12.2. The van der Waals surface area contributed by atoms with E-state index < -0.39 is 15.3 Å². The van der Waals surface area contributed by atoms with E-state index >= 15 is 0 Å². The second kappa shape index (κ2) is 5.44. The zero-order valence-electron chi connectivity index (χ0n) is 10.2. The summed E-state index contributed by atoms with van der Waals surface area (Å²) in [4.78, 5) is 0. The Morgan fingerprint density at radius 2 is 2.19 bits per heavy atom. The Hall–Kier alpha value is -0.170. The van der Waals surface area contributed by atoms with Crippen LogP contribution in [0.25, 0.3) is 0 Å². The van der Waals surface area contributed by atoms with Gasteiger partial charge in [0, 0.05) is 19.6 Å². The SMILES string of the molecule is CCC1(CNS(=O)(=O)C(C)C)CNCCO1. The third kappa shape index (κ3) is 3.41. The van der Waals surface area contributed by atoms with E-state index in [0.717, 1.165) is 13.0 Å². The van der Waals surface area contributed by atoms with Gasteiger partial charge in [-0.25, -0.2) is 13.1 Å². The molecule has 96 valence electrons. The van der Waals surface area contributed by atoms with Crippen LogP contribution in [0.3, 0.4) is 0 Å². The molecule has 1 saturated heterocycles. The smallest absolute Gasteiger partial charge is 0.214 e. The van der Waals surface area contributed by atoms with Gasteiger partial charge in [0.1, 0.15) is 0 Å². The lowest BCUT2D eigenvalue weighted by Gasteiger charge is -2.37. The Morgan fingerprint density at radius 1 is 1.50 bits per heavy atom. The fourth-order valence-electron chi connectivity index (χ4n) is 1.57. The van der Waals surface area contributed by atoms with Crippen molar-refractivity contribution < 1.29 is 13.2 Å².